The van der Waals surface area contributed by atoms with Gasteiger partial charge in [0.25, 0.3) is 0 Å². The lowest BCUT2D eigenvalue weighted by Gasteiger charge is -2.13. The molecule has 0 aliphatic heterocycles. The van der Waals surface area contributed by atoms with Crippen LogP contribution in [0.3, 0.4) is 0 Å². The van der Waals surface area contributed by atoms with E-state index in [2.05, 4.69) is 0 Å². The minimum absolute atomic E-state index is 0.0141. The number of rotatable bonds is 2. The number of carbonyl (C=O) groups excluding carboxylic acids is 1. The summed E-state index contributed by atoms with van der Waals surface area (Å²) >= 11 is 0. The molecule has 0 radical (unpaired) electrons. The van der Waals surface area contributed by atoms with Gasteiger partial charge in [-0.05, 0) is 24.1 Å². The summed E-state index contributed by atoms with van der Waals surface area (Å²) in [6.45, 7) is 1.27. The maximum Gasteiger partial charge on any atom is 0.417 e. The van der Waals surface area contributed by atoms with Crippen LogP contribution < -0.4 is 0 Å². The molecule has 84 valence electrons. The van der Waals surface area contributed by atoms with Crippen molar-refractivity contribution in [3.63, 3.8) is 0 Å². The van der Waals surface area contributed by atoms with Crippen LogP contribution in [0, 0.1) is 18.3 Å². The predicted molar refractivity (Wildman–Crippen MR) is 50.9 cm³/mol. The quantitative estimate of drug-likeness (QED) is 0.729. The first kappa shape index (κ1) is 12.2. The second kappa shape index (κ2) is 4.35. The van der Waals surface area contributed by atoms with Crippen molar-refractivity contribution in [3.05, 3.63) is 34.4 Å². The van der Waals surface area contributed by atoms with Gasteiger partial charge in [-0.2, -0.15) is 18.4 Å². The molecule has 1 rings (SSSR count). The Hall–Kier alpha value is -1.83. The van der Waals surface area contributed by atoms with Gasteiger partial charge in [-0.3, -0.25) is 4.79 Å². The zero-order chi connectivity index (χ0) is 12.3. The van der Waals surface area contributed by atoms with Crippen LogP contribution in [0.25, 0.3) is 0 Å². The zero-order valence-electron chi connectivity index (χ0n) is 8.43. The van der Waals surface area contributed by atoms with Crippen LogP contribution in [0.4, 0.5) is 13.2 Å². The summed E-state index contributed by atoms with van der Waals surface area (Å²) in [6.07, 6.45) is -4.40. The summed E-state index contributed by atoms with van der Waals surface area (Å²) < 4.78 is 37.8. The summed E-state index contributed by atoms with van der Waals surface area (Å²) in [5.41, 5.74) is -0.973. The van der Waals surface area contributed by atoms with Gasteiger partial charge in [-0.15, -0.1) is 0 Å². The van der Waals surface area contributed by atoms with Crippen molar-refractivity contribution in [2.45, 2.75) is 19.5 Å². The van der Waals surface area contributed by atoms with Crippen LogP contribution in [0.2, 0.25) is 0 Å². The smallest absolute Gasteiger partial charge is 0.298 e. The Labute approximate surface area is 90.3 Å². The number of aldehydes is 1. The lowest BCUT2D eigenvalue weighted by molar-refractivity contribution is -0.138. The molecule has 16 heavy (non-hydrogen) atoms. The van der Waals surface area contributed by atoms with E-state index >= 15 is 0 Å². The van der Waals surface area contributed by atoms with Gasteiger partial charge < -0.3 is 0 Å². The summed E-state index contributed by atoms with van der Waals surface area (Å²) in [5.74, 6) is 0. The lowest BCUT2D eigenvalue weighted by Crippen LogP contribution is -2.12. The maximum absolute atomic E-state index is 12.6. The monoisotopic (exact) mass is 227 g/mol. The van der Waals surface area contributed by atoms with Crippen molar-refractivity contribution in [1.82, 2.24) is 0 Å². The third-order valence-electron chi connectivity index (χ3n) is 2.12. The van der Waals surface area contributed by atoms with Gasteiger partial charge in [0, 0.05) is 5.56 Å². The van der Waals surface area contributed by atoms with E-state index in [0.29, 0.717) is 5.56 Å². The highest BCUT2D eigenvalue weighted by atomic mass is 19.4. The van der Waals surface area contributed by atoms with Crippen LogP contribution in [-0.4, -0.2) is 6.29 Å². The number of hydrogen-bond donors (Lipinski definition) is 0. The third-order valence-corrected chi connectivity index (χ3v) is 2.12. The summed E-state index contributed by atoms with van der Waals surface area (Å²) in [5, 5.41) is 8.44. The highest BCUT2D eigenvalue weighted by Gasteiger charge is 2.35. The molecule has 0 saturated heterocycles. The van der Waals surface area contributed by atoms with E-state index in [1.807, 2.05) is 6.07 Å². The van der Waals surface area contributed by atoms with Gasteiger partial charge >= 0.3 is 6.18 Å². The molecule has 0 bridgehead atoms. The van der Waals surface area contributed by atoms with Crippen molar-refractivity contribution < 1.29 is 18.0 Å². The molecule has 0 aliphatic rings. The summed E-state index contributed by atoms with van der Waals surface area (Å²) in [6, 6.07) is 4.20. The average molecular weight is 227 g/mol. The molecule has 1 aromatic carbocycles. The Morgan fingerprint density at radius 2 is 2.06 bits per heavy atom. The van der Waals surface area contributed by atoms with E-state index in [-0.39, 0.29) is 18.3 Å². The molecule has 0 spiro atoms. The summed E-state index contributed by atoms with van der Waals surface area (Å²) in [4.78, 5) is 10.6. The molecular formula is C11H8F3NO. The molecule has 0 saturated carbocycles. The zero-order valence-corrected chi connectivity index (χ0v) is 8.43. The van der Waals surface area contributed by atoms with Gasteiger partial charge in [0.05, 0.1) is 18.1 Å². The molecular weight excluding hydrogens is 219 g/mol. The van der Waals surface area contributed by atoms with Crippen LogP contribution in [0.5, 0.6) is 0 Å². The largest absolute Gasteiger partial charge is 0.417 e. The topological polar surface area (TPSA) is 40.9 Å². The number of alkyl halides is 3. The molecule has 0 unspecified atom stereocenters. The third kappa shape index (κ3) is 2.40. The Bertz CT molecular complexity index is 458. The minimum atomic E-state index is -4.55. The molecule has 0 aromatic heterocycles. The molecule has 0 atom stereocenters. The van der Waals surface area contributed by atoms with E-state index in [1.54, 1.807) is 0 Å². The molecule has 0 heterocycles. The Morgan fingerprint density at radius 3 is 2.50 bits per heavy atom. The van der Waals surface area contributed by atoms with E-state index in [1.165, 1.54) is 13.0 Å². The van der Waals surface area contributed by atoms with Crippen LogP contribution in [0.1, 0.15) is 27.0 Å². The number of benzene rings is 1. The van der Waals surface area contributed by atoms with Crippen LogP contribution in [-0.2, 0) is 12.6 Å². The Kier molecular flexibility index (Phi) is 3.33. The molecule has 0 fully saturated rings. The van der Waals surface area contributed by atoms with E-state index in [4.69, 9.17) is 5.26 Å². The van der Waals surface area contributed by atoms with Crippen molar-refractivity contribution in [3.8, 4) is 6.07 Å². The molecule has 0 aliphatic carbocycles. The van der Waals surface area contributed by atoms with Gasteiger partial charge in [0.1, 0.15) is 0 Å². The van der Waals surface area contributed by atoms with Gasteiger partial charge in [0.2, 0.25) is 0 Å². The average Bonchev–Trinajstić information content (AvgIpc) is 2.15. The number of hydrogen-bond acceptors (Lipinski definition) is 2. The predicted octanol–water partition coefficient (Wildman–Crippen LogP) is 2.89. The normalized spacial score (nSPS) is 10.9. The molecule has 0 N–H and O–H groups in total. The lowest BCUT2D eigenvalue weighted by atomic mass is 9.97. The van der Waals surface area contributed by atoms with E-state index < -0.39 is 17.3 Å². The van der Waals surface area contributed by atoms with Crippen molar-refractivity contribution in [1.29, 1.82) is 5.26 Å². The van der Waals surface area contributed by atoms with Crippen molar-refractivity contribution >= 4 is 6.29 Å². The fourth-order valence-electron chi connectivity index (χ4n) is 1.57. The maximum atomic E-state index is 12.6. The number of nitrogens with zero attached hydrogens (tertiary/aromatic N) is 1. The minimum Gasteiger partial charge on any atom is -0.298 e. The van der Waals surface area contributed by atoms with Gasteiger partial charge in [-0.1, -0.05) is 6.07 Å². The van der Waals surface area contributed by atoms with Gasteiger partial charge in [-0.25, -0.2) is 0 Å². The summed E-state index contributed by atoms with van der Waals surface area (Å²) in [7, 11) is 0. The first-order chi connectivity index (χ1) is 7.40. The van der Waals surface area contributed by atoms with Crippen molar-refractivity contribution in [2.75, 3.05) is 0 Å². The van der Waals surface area contributed by atoms with E-state index in [0.717, 1.165) is 6.07 Å². The molecule has 0 amide bonds. The van der Waals surface area contributed by atoms with Crippen molar-refractivity contribution in [2.24, 2.45) is 0 Å². The highest BCUT2D eigenvalue weighted by molar-refractivity contribution is 5.79. The molecule has 2 nitrogen and oxygen atoms in total. The Morgan fingerprint density at radius 1 is 1.44 bits per heavy atom. The van der Waals surface area contributed by atoms with E-state index in [9.17, 15) is 18.0 Å². The first-order valence-electron chi connectivity index (χ1n) is 4.43. The fraction of sp³-hybridized carbons (Fsp3) is 0.273. The molecule has 1 aromatic rings. The van der Waals surface area contributed by atoms with Crippen LogP contribution in [0.15, 0.2) is 12.1 Å². The number of nitriles is 1. The SMILES string of the molecule is Cc1cc(CC#N)cc(C=O)c1C(F)(F)F. The molecule has 5 heteroatoms. The number of halogens is 3. The van der Waals surface area contributed by atoms with Crippen LogP contribution >= 0.6 is 0 Å². The highest BCUT2D eigenvalue weighted by Crippen LogP contribution is 2.34. The standard InChI is InChI=1S/C11H8F3NO/c1-7-4-8(2-3-15)5-9(6-16)10(7)11(12,13)14/h4-6H,2H2,1H3. The Balaban J connectivity index is 3.42. The fourth-order valence-corrected chi connectivity index (χ4v) is 1.57. The second-order valence-electron chi connectivity index (χ2n) is 3.33. The van der Waals surface area contributed by atoms with Gasteiger partial charge in [0.15, 0.2) is 6.29 Å². The number of carbonyl (C=O) groups is 1. The second-order valence-corrected chi connectivity index (χ2v) is 3.33. The first-order valence-corrected chi connectivity index (χ1v) is 4.43. The number of aryl methyl sites for hydroxylation is 1.